The lowest BCUT2D eigenvalue weighted by atomic mass is 9.92. The Bertz CT molecular complexity index is 1360. The smallest absolute Gasteiger partial charge is 0.257 e. The van der Waals surface area contributed by atoms with Crippen molar-refractivity contribution in [1.29, 1.82) is 0 Å². The third-order valence-electron chi connectivity index (χ3n) is 6.93. The second kappa shape index (κ2) is 9.49. The van der Waals surface area contributed by atoms with Gasteiger partial charge in [0.1, 0.15) is 0 Å². The molecule has 0 atom stereocenters. The second-order valence-electron chi connectivity index (χ2n) is 11.7. The van der Waals surface area contributed by atoms with Gasteiger partial charge in [-0.3, -0.25) is 4.79 Å². The van der Waals surface area contributed by atoms with Crippen molar-refractivity contribution in [2.45, 2.75) is 57.1 Å². The van der Waals surface area contributed by atoms with Crippen molar-refractivity contribution in [3.8, 4) is 0 Å². The molecule has 4 rings (SSSR count). The summed E-state index contributed by atoms with van der Waals surface area (Å²) in [5.41, 5.74) is 2.28. The third kappa shape index (κ3) is 6.68. The molecule has 0 radical (unpaired) electrons. The molecule has 1 saturated carbocycles. The second-order valence-corrected chi connectivity index (χ2v) is 15.8. The summed E-state index contributed by atoms with van der Waals surface area (Å²) in [6, 6.07) is 11.5. The zero-order valence-electron chi connectivity index (χ0n) is 21.5. The summed E-state index contributed by atoms with van der Waals surface area (Å²) in [6.07, 6.45) is 5.86. The molecule has 1 heterocycles. The van der Waals surface area contributed by atoms with Crippen molar-refractivity contribution >= 4 is 37.0 Å². The molecule has 1 spiro atoms. The van der Waals surface area contributed by atoms with Gasteiger partial charge in [0, 0.05) is 30.7 Å². The van der Waals surface area contributed by atoms with E-state index in [2.05, 4.69) is 10.2 Å². The number of anilines is 2. The number of carbonyl (C=O) groups excluding carboxylic acids is 1. The molecular formula is C27H36N2O5S2. The first-order valence-electron chi connectivity index (χ1n) is 12.3. The molecule has 0 bridgehead atoms. The van der Waals surface area contributed by atoms with Crippen LogP contribution in [0.4, 0.5) is 11.4 Å². The van der Waals surface area contributed by atoms with Gasteiger partial charge in [-0.1, -0.05) is 32.9 Å². The van der Waals surface area contributed by atoms with Gasteiger partial charge in [0.25, 0.3) is 5.91 Å². The predicted octanol–water partition coefficient (Wildman–Crippen LogP) is 4.68. The van der Waals surface area contributed by atoms with Crippen molar-refractivity contribution in [3.63, 3.8) is 0 Å². The topological polar surface area (TPSA) is 101 Å². The van der Waals surface area contributed by atoms with E-state index in [1.165, 1.54) is 25.2 Å². The zero-order valence-corrected chi connectivity index (χ0v) is 23.1. The van der Waals surface area contributed by atoms with Gasteiger partial charge in [-0.25, -0.2) is 16.8 Å². The van der Waals surface area contributed by atoms with Crippen LogP contribution >= 0.6 is 0 Å². The van der Waals surface area contributed by atoms with Gasteiger partial charge in [0.05, 0.1) is 22.0 Å². The van der Waals surface area contributed by atoms with E-state index in [0.29, 0.717) is 22.2 Å². The molecular weight excluding hydrogens is 496 g/mol. The number of piperidine rings is 1. The average Bonchev–Trinajstić information content (AvgIpc) is 3.50. The molecule has 7 nitrogen and oxygen atoms in total. The lowest BCUT2D eigenvalue weighted by Gasteiger charge is -2.35. The van der Waals surface area contributed by atoms with Gasteiger partial charge in [-0.2, -0.15) is 0 Å². The highest BCUT2D eigenvalue weighted by molar-refractivity contribution is 7.91. The Morgan fingerprint density at radius 2 is 1.64 bits per heavy atom. The number of sulfone groups is 2. The quantitative estimate of drug-likeness (QED) is 0.556. The van der Waals surface area contributed by atoms with Crippen LogP contribution in [-0.4, -0.2) is 47.8 Å². The van der Waals surface area contributed by atoms with Crippen molar-refractivity contribution in [1.82, 2.24) is 0 Å². The van der Waals surface area contributed by atoms with Gasteiger partial charge in [-0.05, 0) is 72.4 Å². The Kier molecular flexibility index (Phi) is 7.03. The van der Waals surface area contributed by atoms with Gasteiger partial charge >= 0.3 is 0 Å². The molecule has 196 valence electrons. The normalized spacial score (nSPS) is 17.7. The van der Waals surface area contributed by atoms with Gasteiger partial charge in [0.2, 0.25) is 0 Å². The summed E-state index contributed by atoms with van der Waals surface area (Å²) >= 11 is 0. The fourth-order valence-corrected chi connectivity index (χ4v) is 7.63. The van der Waals surface area contributed by atoms with E-state index in [0.717, 1.165) is 31.6 Å². The van der Waals surface area contributed by atoms with Crippen molar-refractivity contribution in [3.05, 3.63) is 53.6 Å². The number of amides is 1. The van der Waals surface area contributed by atoms with Gasteiger partial charge in [0.15, 0.2) is 19.7 Å². The number of nitrogens with one attached hydrogen (secondary N) is 1. The molecule has 1 aliphatic heterocycles. The Balaban J connectivity index is 1.61. The number of nitrogens with zero attached hydrogens (tertiary/aromatic N) is 1. The maximum atomic E-state index is 13.4. The minimum Gasteiger partial charge on any atom is -0.371 e. The summed E-state index contributed by atoms with van der Waals surface area (Å²) < 4.78 is 49.5. The van der Waals surface area contributed by atoms with E-state index in [1.54, 1.807) is 30.3 Å². The summed E-state index contributed by atoms with van der Waals surface area (Å²) in [4.78, 5) is 15.7. The van der Waals surface area contributed by atoms with Crippen LogP contribution in [0.2, 0.25) is 0 Å². The Labute approximate surface area is 215 Å². The Morgan fingerprint density at radius 3 is 2.22 bits per heavy atom. The van der Waals surface area contributed by atoms with E-state index >= 15 is 0 Å². The van der Waals surface area contributed by atoms with E-state index in [9.17, 15) is 21.6 Å². The predicted molar refractivity (Wildman–Crippen MR) is 144 cm³/mol. The number of carbonyl (C=O) groups is 1. The first-order chi connectivity index (χ1) is 16.6. The molecule has 2 fully saturated rings. The lowest BCUT2D eigenvalue weighted by molar-refractivity contribution is 0.102. The maximum Gasteiger partial charge on any atom is 0.257 e. The summed E-state index contributed by atoms with van der Waals surface area (Å²) in [7, 11) is -6.73. The third-order valence-corrected chi connectivity index (χ3v) is 10.0. The monoisotopic (exact) mass is 532 g/mol. The molecule has 1 aliphatic carbocycles. The van der Waals surface area contributed by atoms with Crippen LogP contribution in [0.1, 0.15) is 62.4 Å². The minimum absolute atomic E-state index is 0.000201. The van der Waals surface area contributed by atoms with Crippen LogP contribution in [-0.2, 0) is 25.4 Å². The molecule has 0 aromatic heterocycles. The SMILES string of the molecule is CC(C)(C)CS(=O)(=O)c1cccc(NC(=O)c2ccc(CS(C)(=O)=O)cc2N2CCC3(CC2)CC3)c1. The van der Waals surface area contributed by atoms with Crippen LogP contribution in [0.25, 0.3) is 0 Å². The number of hydrogen-bond donors (Lipinski definition) is 1. The number of hydrogen-bond acceptors (Lipinski definition) is 6. The zero-order chi connectivity index (χ0) is 26.4. The number of rotatable bonds is 7. The summed E-state index contributed by atoms with van der Waals surface area (Å²) in [5, 5.41) is 2.86. The fraction of sp³-hybridized carbons (Fsp3) is 0.519. The molecule has 1 N–H and O–H groups in total. The number of benzene rings is 2. The Morgan fingerprint density at radius 1 is 0.972 bits per heavy atom. The lowest BCUT2D eigenvalue weighted by Crippen LogP contribution is -2.35. The van der Waals surface area contributed by atoms with Crippen molar-refractivity contribution < 1.29 is 21.6 Å². The summed E-state index contributed by atoms with van der Waals surface area (Å²) in [6.45, 7) is 7.26. The highest BCUT2D eigenvalue weighted by atomic mass is 32.2. The Hall–Kier alpha value is -2.39. The van der Waals surface area contributed by atoms with E-state index in [1.807, 2.05) is 26.8 Å². The molecule has 1 saturated heterocycles. The molecule has 2 aromatic carbocycles. The fourth-order valence-electron chi connectivity index (χ4n) is 4.94. The van der Waals surface area contributed by atoms with Crippen LogP contribution in [0, 0.1) is 10.8 Å². The molecule has 2 aromatic rings. The van der Waals surface area contributed by atoms with Crippen molar-refractivity contribution in [2.24, 2.45) is 10.8 Å². The highest BCUT2D eigenvalue weighted by Gasteiger charge is 2.44. The van der Waals surface area contributed by atoms with E-state index in [-0.39, 0.29) is 22.3 Å². The first kappa shape index (κ1) is 26.7. The minimum atomic E-state index is -3.51. The molecule has 9 heteroatoms. The van der Waals surface area contributed by atoms with Gasteiger partial charge in [-0.15, -0.1) is 0 Å². The van der Waals surface area contributed by atoms with Crippen LogP contribution in [0.3, 0.4) is 0 Å². The van der Waals surface area contributed by atoms with E-state index in [4.69, 9.17) is 0 Å². The average molecular weight is 533 g/mol. The highest BCUT2D eigenvalue weighted by Crippen LogP contribution is 2.54. The van der Waals surface area contributed by atoms with Crippen LogP contribution < -0.4 is 10.2 Å². The molecule has 36 heavy (non-hydrogen) atoms. The maximum absolute atomic E-state index is 13.4. The van der Waals surface area contributed by atoms with Gasteiger partial charge < -0.3 is 10.2 Å². The molecule has 1 amide bonds. The molecule has 0 unspecified atom stereocenters. The first-order valence-corrected chi connectivity index (χ1v) is 16.1. The van der Waals surface area contributed by atoms with Crippen LogP contribution in [0.5, 0.6) is 0 Å². The standard InChI is InChI=1S/C27H36N2O5S2/c1-26(2,3)19-36(33,34)22-7-5-6-21(17-22)28-25(30)23-9-8-20(18-35(4,31)32)16-24(23)29-14-12-27(10-11-27)13-15-29/h5-9,16-17H,10-15,18-19H2,1-4H3,(H,28,30). The summed E-state index contributed by atoms with van der Waals surface area (Å²) in [5.74, 6) is -0.444. The molecule has 2 aliphatic rings. The largest absolute Gasteiger partial charge is 0.371 e. The van der Waals surface area contributed by atoms with Crippen molar-refractivity contribution in [2.75, 3.05) is 35.3 Å². The van der Waals surface area contributed by atoms with Crippen LogP contribution in [0.15, 0.2) is 47.4 Å². The van der Waals surface area contributed by atoms with E-state index < -0.39 is 25.1 Å².